The summed E-state index contributed by atoms with van der Waals surface area (Å²) in [6.45, 7) is 3.05. The predicted octanol–water partition coefficient (Wildman–Crippen LogP) is 2.90. The Labute approximate surface area is 112 Å². The number of nitrogens with zero attached hydrogens (tertiary/aromatic N) is 1. The highest BCUT2D eigenvalue weighted by atomic mass is 35.5. The monoisotopic (exact) mass is 291 g/mol. The molecule has 0 radical (unpaired) electrons. The summed E-state index contributed by atoms with van der Waals surface area (Å²) in [6, 6.07) is 3.52. The number of sulfonamides is 1. The molecule has 18 heavy (non-hydrogen) atoms. The van der Waals surface area contributed by atoms with Gasteiger partial charge in [-0.15, -0.1) is 0 Å². The summed E-state index contributed by atoms with van der Waals surface area (Å²) in [5.74, 6) is -0.257. The highest BCUT2D eigenvalue weighted by Crippen LogP contribution is 2.26. The zero-order valence-electron chi connectivity index (χ0n) is 10.1. The Morgan fingerprint density at radius 1 is 1.44 bits per heavy atom. The van der Waals surface area contributed by atoms with Gasteiger partial charge in [-0.3, -0.25) is 0 Å². The van der Waals surface area contributed by atoms with E-state index in [1.54, 1.807) is 0 Å². The van der Waals surface area contributed by atoms with Gasteiger partial charge in [0.1, 0.15) is 5.82 Å². The number of halogens is 2. The van der Waals surface area contributed by atoms with Crippen LogP contribution in [0.25, 0.3) is 0 Å². The molecule has 1 saturated heterocycles. The zero-order chi connectivity index (χ0) is 13.3. The van der Waals surface area contributed by atoms with E-state index in [0.717, 1.165) is 18.9 Å². The molecule has 1 aromatic rings. The van der Waals surface area contributed by atoms with Crippen LogP contribution in [-0.4, -0.2) is 25.8 Å². The van der Waals surface area contributed by atoms with E-state index in [1.165, 1.54) is 16.4 Å². The van der Waals surface area contributed by atoms with Crippen LogP contribution < -0.4 is 0 Å². The molecule has 0 aliphatic carbocycles. The summed E-state index contributed by atoms with van der Waals surface area (Å²) in [5, 5.41) is -0.166. The van der Waals surface area contributed by atoms with Gasteiger partial charge in [0.25, 0.3) is 0 Å². The first kappa shape index (κ1) is 13.8. The molecular formula is C12H15ClFNO2S. The first-order chi connectivity index (χ1) is 8.41. The van der Waals surface area contributed by atoms with Crippen LogP contribution in [-0.2, 0) is 10.0 Å². The second-order valence-electron chi connectivity index (χ2n) is 4.69. The minimum absolute atomic E-state index is 0.0583. The fourth-order valence-corrected chi connectivity index (χ4v) is 4.02. The molecule has 3 nitrogen and oxygen atoms in total. The van der Waals surface area contributed by atoms with Crippen LogP contribution in [0.5, 0.6) is 0 Å². The minimum Gasteiger partial charge on any atom is -0.207 e. The average molecular weight is 292 g/mol. The summed E-state index contributed by atoms with van der Waals surface area (Å²) in [7, 11) is -3.55. The topological polar surface area (TPSA) is 37.4 Å². The normalized spacial score (nSPS) is 22.1. The molecule has 1 aromatic carbocycles. The highest BCUT2D eigenvalue weighted by Gasteiger charge is 2.28. The summed E-state index contributed by atoms with van der Waals surface area (Å²) in [5.41, 5.74) is 0. The van der Waals surface area contributed by atoms with Gasteiger partial charge in [0.2, 0.25) is 10.0 Å². The number of hydrogen-bond donors (Lipinski definition) is 0. The third-order valence-electron chi connectivity index (χ3n) is 3.15. The Hall–Kier alpha value is -0.650. The first-order valence-corrected chi connectivity index (χ1v) is 7.68. The summed E-state index contributed by atoms with van der Waals surface area (Å²) in [6.07, 6.45) is 1.89. The van der Waals surface area contributed by atoms with Crippen molar-refractivity contribution in [3.05, 3.63) is 29.0 Å². The van der Waals surface area contributed by atoms with Crippen molar-refractivity contribution in [1.29, 1.82) is 0 Å². The molecule has 0 aromatic heterocycles. The fourth-order valence-electron chi connectivity index (χ4n) is 2.15. The van der Waals surface area contributed by atoms with Gasteiger partial charge < -0.3 is 0 Å². The predicted molar refractivity (Wildman–Crippen MR) is 68.6 cm³/mol. The molecule has 0 spiro atoms. The maximum absolute atomic E-state index is 13.1. The van der Waals surface area contributed by atoms with E-state index in [4.69, 9.17) is 11.6 Å². The van der Waals surface area contributed by atoms with Crippen molar-refractivity contribution in [2.45, 2.75) is 24.7 Å². The molecule has 0 N–H and O–H groups in total. The van der Waals surface area contributed by atoms with E-state index >= 15 is 0 Å². The molecule has 100 valence electrons. The van der Waals surface area contributed by atoms with E-state index in [9.17, 15) is 12.8 Å². The Morgan fingerprint density at radius 2 is 2.17 bits per heavy atom. The third kappa shape index (κ3) is 2.68. The maximum atomic E-state index is 13.1. The number of hydrogen-bond acceptors (Lipinski definition) is 2. The van der Waals surface area contributed by atoms with Crippen molar-refractivity contribution < 1.29 is 12.8 Å². The molecule has 0 bridgehead atoms. The fraction of sp³-hybridized carbons (Fsp3) is 0.500. The summed E-state index contributed by atoms with van der Waals surface area (Å²) in [4.78, 5) is 0.0583. The molecule has 1 fully saturated rings. The van der Waals surface area contributed by atoms with Crippen molar-refractivity contribution in [1.82, 2.24) is 4.31 Å². The van der Waals surface area contributed by atoms with Gasteiger partial charge in [-0.25, -0.2) is 12.8 Å². The van der Waals surface area contributed by atoms with Crippen molar-refractivity contribution in [3.8, 4) is 0 Å². The second-order valence-corrected chi connectivity index (χ2v) is 7.03. The van der Waals surface area contributed by atoms with Gasteiger partial charge in [0, 0.05) is 13.1 Å². The van der Waals surface area contributed by atoms with E-state index in [2.05, 4.69) is 0 Å². The largest absolute Gasteiger partial charge is 0.243 e. The van der Waals surface area contributed by atoms with Gasteiger partial charge in [-0.1, -0.05) is 18.5 Å². The lowest BCUT2D eigenvalue weighted by Gasteiger charge is -2.30. The van der Waals surface area contributed by atoms with Crippen molar-refractivity contribution in [3.63, 3.8) is 0 Å². The quantitative estimate of drug-likeness (QED) is 0.840. The Morgan fingerprint density at radius 3 is 2.78 bits per heavy atom. The Bertz CT molecular complexity index is 547. The van der Waals surface area contributed by atoms with Crippen molar-refractivity contribution in [2.75, 3.05) is 13.1 Å². The van der Waals surface area contributed by atoms with Crippen molar-refractivity contribution >= 4 is 21.6 Å². The third-order valence-corrected chi connectivity index (χ3v) is 5.30. The Balaban J connectivity index is 2.32. The number of piperidine rings is 1. The van der Waals surface area contributed by atoms with E-state index < -0.39 is 15.8 Å². The van der Waals surface area contributed by atoms with Gasteiger partial charge in [0.05, 0.1) is 9.92 Å². The minimum atomic E-state index is -3.55. The van der Waals surface area contributed by atoms with Crippen LogP contribution in [0.4, 0.5) is 4.39 Å². The zero-order valence-corrected chi connectivity index (χ0v) is 11.6. The van der Waals surface area contributed by atoms with Crippen LogP contribution in [0, 0.1) is 11.7 Å². The lowest BCUT2D eigenvalue weighted by molar-refractivity contribution is 0.281. The SMILES string of the molecule is CC1CCCN(S(=O)(=O)c2ccc(F)c(Cl)c2)C1. The van der Waals surface area contributed by atoms with Crippen molar-refractivity contribution in [2.24, 2.45) is 5.92 Å². The average Bonchev–Trinajstić information content (AvgIpc) is 2.32. The van der Waals surface area contributed by atoms with Gasteiger partial charge in [0.15, 0.2) is 0 Å². The molecule has 1 atom stereocenters. The lowest BCUT2D eigenvalue weighted by atomic mass is 10.0. The molecule has 0 saturated carbocycles. The summed E-state index contributed by atoms with van der Waals surface area (Å²) < 4.78 is 39.2. The van der Waals surface area contributed by atoms with E-state index in [1.807, 2.05) is 6.92 Å². The standard InChI is InChI=1S/C12H15ClFNO2S/c1-9-3-2-6-15(8-9)18(16,17)10-4-5-12(14)11(13)7-10/h4-5,7,9H,2-3,6,8H2,1H3. The molecule has 0 amide bonds. The van der Waals surface area contributed by atoms with Crippen LogP contribution in [0.3, 0.4) is 0 Å². The molecular weight excluding hydrogens is 277 g/mol. The van der Waals surface area contributed by atoms with E-state index in [0.29, 0.717) is 19.0 Å². The molecule has 1 heterocycles. The molecule has 1 aliphatic rings. The molecule has 2 rings (SSSR count). The van der Waals surface area contributed by atoms with Crippen LogP contribution in [0.15, 0.2) is 23.1 Å². The van der Waals surface area contributed by atoms with Crippen LogP contribution in [0.1, 0.15) is 19.8 Å². The molecule has 1 unspecified atom stereocenters. The molecule has 6 heteroatoms. The van der Waals surface area contributed by atoms with Gasteiger partial charge in [-0.05, 0) is 37.0 Å². The van der Waals surface area contributed by atoms with Gasteiger partial charge in [-0.2, -0.15) is 4.31 Å². The first-order valence-electron chi connectivity index (χ1n) is 5.86. The summed E-state index contributed by atoms with van der Waals surface area (Å²) >= 11 is 5.63. The molecule has 1 aliphatic heterocycles. The highest BCUT2D eigenvalue weighted by molar-refractivity contribution is 7.89. The Kier molecular flexibility index (Phi) is 3.94. The number of rotatable bonds is 2. The van der Waals surface area contributed by atoms with Crippen LogP contribution >= 0.6 is 11.6 Å². The maximum Gasteiger partial charge on any atom is 0.243 e. The second kappa shape index (κ2) is 5.15. The smallest absolute Gasteiger partial charge is 0.207 e. The lowest BCUT2D eigenvalue weighted by Crippen LogP contribution is -2.39. The van der Waals surface area contributed by atoms with Crippen LogP contribution in [0.2, 0.25) is 5.02 Å². The number of benzene rings is 1. The van der Waals surface area contributed by atoms with Gasteiger partial charge >= 0.3 is 0 Å². The van der Waals surface area contributed by atoms with E-state index in [-0.39, 0.29) is 9.92 Å².